The normalized spacial score (nSPS) is 12.2. The Morgan fingerprint density at radius 2 is 2.35 bits per heavy atom. The Morgan fingerprint density at radius 3 is 2.94 bits per heavy atom. The molecule has 0 radical (unpaired) electrons. The van der Waals surface area contributed by atoms with Gasteiger partial charge in [-0.2, -0.15) is 0 Å². The number of halogens is 1. The molecule has 1 aromatic heterocycles. The molecule has 5 nitrogen and oxygen atoms in total. The van der Waals surface area contributed by atoms with Gasteiger partial charge in [-0.1, -0.05) is 0 Å². The van der Waals surface area contributed by atoms with Crippen LogP contribution < -0.4 is 10.7 Å². The average molecular weight is 259 g/mol. The van der Waals surface area contributed by atoms with Crippen molar-refractivity contribution in [2.45, 2.75) is 12.3 Å². The Bertz CT molecular complexity index is 445. The van der Waals surface area contributed by atoms with Crippen molar-refractivity contribution in [3.05, 3.63) is 33.7 Å². The molecule has 1 amide bonds. The molecule has 6 heteroatoms. The second-order valence-electron chi connectivity index (χ2n) is 3.66. The fourth-order valence-corrected chi connectivity index (χ4v) is 1.49. The number of aryl methyl sites for hydroxylation is 1. The molecule has 0 aliphatic carbocycles. The fourth-order valence-electron chi connectivity index (χ4n) is 1.29. The first-order valence-corrected chi connectivity index (χ1v) is 5.58. The predicted octanol–water partition coefficient (Wildman–Crippen LogP) is 0.667. The number of nitrogens with one attached hydrogen (secondary N) is 2. The fraction of sp³-hybridized carbons (Fsp3) is 0.455. The molecular weight excluding hydrogens is 244 g/mol. The first kappa shape index (κ1) is 13.7. The third-order valence-corrected chi connectivity index (χ3v) is 2.41. The molecule has 1 heterocycles. The van der Waals surface area contributed by atoms with Crippen molar-refractivity contribution in [3.8, 4) is 0 Å². The van der Waals surface area contributed by atoms with Gasteiger partial charge in [0.25, 0.3) is 5.91 Å². The molecule has 0 fully saturated rings. The first-order chi connectivity index (χ1) is 8.04. The summed E-state index contributed by atoms with van der Waals surface area (Å²) in [4.78, 5) is 26.0. The molecule has 0 bridgehead atoms. The zero-order chi connectivity index (χ0) is 12.8. The number of H-pyrrole nitrogens is 1. The number of aromatic amines is 1. The SMILES string of the molecule is COCC(Cl)CNC(=O)c1c[nH]c(C)cc1=O. The minimum atomic E-state index is -0.437. The van der Waals surface area contributed by atoms with E-state index in [1.54, 1.807) is 6.92 Å². The molecule has 0 aromatic carbocycles. The largest absolute Gasteiger partial charge is 0.383 e. The van der Waals surface area contributed by atoms with Crippen LogP contribution in [0.5, 0.6) is 0 Å². The lowest BCUT2D eigenvalue weighted by atomic mass is 10.2. The lowest BCUT2D eigenvalue weighted by Gasteiger charge is -2.09. The highest BCUT2D eigenvalue weighted by Crippen LogP contribution is 1.96. The maximum absolute atomic E-state index is 11.7. The maximum atomic E-state index is 11.7. The minimum absolute atomic E-state index is 0.0804. The molecule has 2 N–H and O–H groups in total. The number of hydrogen-bond acceptors (Lipinski definition) is 3. The molecule has 0 aliphatic heterocycles. The molecule has 1 unspecified atom stereocenters. The van der Waals surface area contributed by atoms with E-state index in [1.165, 1.54) is 19.4 Å². The number of amides is 1. The van der Waals surface area contributed by atoms with Crippen LogP contribution in [-0.2, 0) is 4.74 Å². The van der Waals surface area contributed by atoms with Crippen LogP contribution in [-0.4, -0.2) is 36.5 Å². The summed E-state index contributed by atoms with van der Waals surface area (Å²) in [6.45, 7) is 2.34. The molecule has 94 valence electrons. The van der Waals surface area contributed by atoms with Gasteiger partial charge in [0.05, 0.1) is 12.0 Å². The van der Waals surface area contributed by atoms with Crippen molar-refractivity contribution in [2.75, 3.05) is 20.3 Å². The van der Waals surface area contributed by atoms with E-state index in [4.69, 9.17) is 16.3 Å². The van der Waals surface area contributed by atoms with Gasteiger partial charge in [0.1, 0.15) is 5.56 Å². The third kappa shape index (κ3) is 4.20. The molecule has 17 heavy (non-hydrogen) atoms. The van der Waals surface area contributed by atoms with Gasteiger partial charge in [0, 0.05) is 31.6 Å². The number of carbonyl (C=O) groups excluding carboxylic acids is 1. The van der Waals surface area contributed by atoms with E-state index in [2.05, 4.69) is 10.3 Å². The van der Waals surface area contributed by atoms with Crippen LogP contribution in [0.25, 0.3) is 0 Å². The van der Waals surface area contributed by atoms with E-state index in [9.17, 15) is 9.59 Å². The minimum Gasteiger partial charge on any atom is -0.383 e. The Kier molecular flexibility index (Phi) is 5.18. The van der Waals surface area contributed by atoms with Crippen LogP contribution >= 0.6 is 11.6 Å². The van der Waals surface area contributed by atoms with Crippen molar-refractivity contribution in [1.29, 1.82) is 0 Å². The van der Waals surface area contributed by atoms with Crippen LogP contribution in [0.2, 0.25) is 0 Å². The smallest absolute Gasteiger partial charge is 0.256 e. The molecule has 0 saturated heterocycles. The summed E-state index contributed by atoms with van der Waals surface area (Å²) in [7, 11) is 1.53. The maximum Gasteiger partial charge on any atom is 0.256 e. The van der Waals surface area contributed by atoms with Crippen molar-refractivity contribution in [3.63, 3.8) is 0 Å². The first-order valence-electron chi connectivity index (χ1n) is 5.15. The average Bonchev–Trinajstić information content (AvgIpc) is 2.26. The molecule has 1 atom stereocenters. The Balaban J connectivity index is 2.61. The van der Waals surface area contributed by atoms with E-state index in [0.717, 1.165) is 0 Å². The highest BCUT2D eigenvalue weighted by Gasteiger charge is 2.12. The van der Waals surface area contributed by atoms with Crippen LogP contribution in [0.1, 0.15) is 16.1 Å². The van der Waals surface area contributed by atoms with Crippen LogP contribution in [0.4, 0.5) is 0 Å². The summed E-state index contributed by atoms with van der Waals surface area (Å²) in [6, 6.07) is 1.38. The number of pyridine rings is 1. The second-order valence-corrected chi connectivity index (χ2v) is 4.27. The van der Waals surface area contributed by atoms with E-state index >= 15 is 0 Å². The van der Waals surface area contributed by atoms with Gasteiger partial charge in [-0.3, -0.25) is 9.59 Å². The van der Waals surface area contributed by atoms with Crippen molar-refractivity contribution in [1.82, 2.24) is 10.3 Å². The zero-order valence-electron chi connectivity index (χ0n) is 9.75. The van der Waals surface area contributed by atoms with Gasteiger partial charge in [0.15, 0.2) is 5.43 Å². The van der Waals surface area contributed by atoms with Crippen molar-refractivity contribution < 1.29 is 9.53 Å². The second kappa shape index (κ2) is 6.42. The third-order valence-electron chi connectivity index (χ3n) is 2.13. The summed E-state index contributed by atoms with van der Waals surface area (Å²) < 4.78 is 4.83. The summed E-state index contributed by atoms with van der Waals surface area (Å²) in [5, 5.41) is 2.26. The van der Waals surface area contributed by atoms with Crippen LogP contribution in [0, 0.1) is 6.92 Å². The summed E-state index contributed by atoms with van der Waals surface area (Å²) >= 11 is 5.85. The topological polar surface area (TPSA) is 71.2 Å². The van der Waals surface area contributed by atoms with E-state index < -0.39 is 5.91 Å². The van der Waals surface area contributed by atoms with Gasteiger partial charge in [-0.15, -0.1) is 11.6 Å². The van der Waals surface area contributed by atoms with Gasteiger partial charge < -0.3 is 15.0 Å². The molecule has 1 aromatic rings. The van der Waals surface area contributed by atoms with E-state index in [1.807, 2.05) is 0 Å². The Hall–Kier alpha value is -1.33. The summed E-state index contributed by atoms with van der Waals surface area (Å²) in [5.74, 6) is -0.437. The molecule has 1 rings (SSSR count). The van der Waals surface area contributed by atoms with Gasteiger partial charge in [-0.05, 0) is 6.92 Å². The number of aromatic nitrogens is 1. The molecule has 0 aliphatic rings. The summed E-state index contributed by atoms with van der Waals surface area (Å²) in [6.07, 6.45) is 1.40. The highest BCUT2D eigenvalue weighted by molar-refractivity contribution is 6.21. The lowest BCUT2D eigenvalue weighted by Crippen LogP contribution is -2.34. The number of methoxy groups -OCH3 is 1. The van der Waals surface area contributed by atoms with E-state index in [-0.39, 0.29) is 22.9 Å². The predicted molar refractivity (Wildman–Crippen MR) is 65.6 cm³/mol. The summed E-state index contributed by atoms with van der Waals surface area (Å²) in [5.41, 5.74) is 0.481. The van der Waals surface area contributed by atoms with Gasteiger partial charge >= 0.3 is 0 Å². The molecular formula is C11H15ClN2O3. The van der Waals surface area contributed by atoms with Crippen LogP contribution in [0.15, 0.2) is 17.1 Å². The van der Waals surface area contributed by atoms with Gasteiger partial charge in [0.2, 0.25) is 0 Å². The zero-order valence-corrected chi connectivity index (χ0v) is 10.5. The number of carbonyl (C=O) groups is 1. The highest BCUT2D eigenvalue weighted by atomic mass is 35.5. The van der Waals surface area contributed by atoms with Crippen LogP contribution in [0.3, 0.4) is 0 Å². The Labute approximate surface area is 104 Å². The monoisotopic (exact) mass is 258 g/mol. The van der Waals surface area contributed by atoms with Crippen molar-refractivity contribution >= 4 is 17.5 Å². The van der Waals surface area contributed by atoms with Gasteiger partial charge in [-0.25, -0.2) is 0 Å². The number of hydrogen-bond donors (Lipinski definition) is 2. The standard InChI is InChI=1S/C11H15ClN2O3/c1-7-3-10(15)9(5-13-7)11(16)14-4-8(12)6-17-2/h3,5,8H,4,6H2,1-2H3,(H,13,15)(H,14,16). The molecule has 0 spiro atoms. The number of rotatable bonds is 5. The molecule has 0 saturated carbocycles. The Morgan fingerprint density at radius 1 is 1.65 bits per heavy atom. The van der Waals surface area contributed by atoms with E-state index in [0.29, 0.717) is 12.3 Å². The number of alkyl halides is 1. The lowest BCUT2D eigenvalue weighted by molar-refractivity contribution is 0.0948. The quantitative estimate of drug-likeness (QED) is 0.763. The number of ether oxygens (including phenoxy) is 1. The van der Waals surface area contributed by atoms with Crippen molar-refractivity contribution in [2.24, 2.45) is 0 Å².